The second-order valence-electron chi connectivity index (χ2n) is 4.33. The molecule has 0 aliphatic heterocycles. The number of methoxy groups -OCH3 is 1. The molecule has 0 aromatic heterocycles. The summed E-state index contributed by atoms with van der Waals surface area (Å²) in [6.07, 6.45) is 0.780. The quantitative estimate of drug-likeness (QED) is 0.702. The van der Waals surface area contributed by atoms with Crippen molar-refractivity contribution in [1.29, 1.82) is 0 Å². The number of amides is 1. The highest BCUT2D eigenvalue weighted by Gasteiger charge is 2.12. The first-order chi connectivity index (χ1) is 9.15. The Kier molecular flexibility index (Phi) is 7.07. The van der Waals surface area contributed by atoms with E-state index in [0.717, 1.165) is 6.42 Å². The van der Waals surface area contributed by atoms with Crippen LogP contribution in [0.25, 0.3) is 0 Å². The molecule has 0 aliphatic rings. The van der Waals surface area contributed by atoms with Crippen molar-refractivity contribution in [3.8, 4) is 0 Å². The molecular formula is C14H21FN2O2. The van der Waals surface area contributed by atoms with Crippen LogP contribution in [-0.4, -0.2) is 32.2 Å². The molecule has 0 radical (unpaired) electrons. The minimum atomic E-state index is -0.359. The lowest BCUT2D eigenvalue weighted by molar-refractivity contribution is -0.122. The monoisotopic (exact) mass is 268 g/mol. The molecule has 1 aromatic carbocycles. The maximum atomic E-state index is 13.4. The Morgan fingerprint density at radius 2 is 2.16 bits per heavy atom. The fourth-order valence-electron chi connectivity index (χ4n) is 1.58. The summed E-state index contributed by atoms with van der Waals surface area (Å²) in [6, 6.07) is 6.17. The van der Waals surface area contributed by atoms with E-state index in [0.29, 0.717) is 25.3 Å². The lowest BCUT2D eigenvalue weighted by atomic mass is 10.2. The van der Waals surface area contributed by atoms with Crippen molar-refractivity contribution in [3.63, 3.8) is 0 Å². The topological polar surface area (TPSA) is 50.4 Å². The Labute approximate surface area is 113 Å². The molecular weight excluding hydrogens is 247 g/mol. The summed E-state index contributed by atoms with van der Waals surface area (Å²) in [5.74, 6) is -0.352. The van der Waals surface area contributed by atoms with Crippen LogP contribution in [0.5, 0.6) is 0 Å². The smallest absolute Gasteiger partial charge is 0.236 e. The molecule has 0 aliphatic carbocycles. The summed E-state index contributed by atoms with van der Waals surface area (Å²) in [5, 5.41) is 5.79. The van der Waals surface area contributed by atoms with Gasteiger partial charge in [-0.15, -0.1) is 0 Å². The molecule has 0 saturated carbocycles. The van der Waals surface area contributed by atoms with Crippen LogP contribution in [-0.2, 0) is 16.1 Å². The Morgan fingerprint density at radius 3 is 2.84 bits per heavy atom. The van der Waals surface area contributed by atoms with Crippen LogP contribution in [0.15, 0.2) is 24.3 Å². The average Bonchev–Trinajstić information content (AvgIpc) is 2.42. The second-order valence-corrected chi connectivity index (χ2v) is 4.33. The molecule has 0 spiro atoms. The molecule has 4 nitrogen and oxygen atoms in total. The van der Waals surface area contributed by atoms with Gasteiger partial charge in [0.25, 0.3) is 0 Å². The molecule has 1 unspecified atom stereocenters. The van der Waals surface area contributed by atoms with Gasteiger partial charge in [-0.3, -0.25) is 4.79 Å². The van der Waals surface area contributed by atoms with Crippen LogP contribution in [0.4, 0.5) is 4.39 Å². The standard InChI is InChI=1S/C14H21FN2O2/c1-11(14(18)16-8-5-9-19-2)17-10-12-6-3-4-7-13(12)15/h3-4,6-7,11,17H,5,8-10H2,1-2H3,(H,16,18). The number of nitrogens with one attached hydrogen (secondary N) is 2. The summed E-state index contributed by atoms with van der Waals surface area (Å²) in [7, 11) is 1.63. The number of hydrogen-bond acceptors (Lipinski definition) is 3. The maximum Gasteiger partial charge on any atom is 0.236 e. The molecule has 106 valence electrons. The lowest BCUT2D eigenvalue weighted by Crippen LogP contribution is -2.42. The largest absolute Gasteiger partial charge is 0.385 e. The van der Waals surface area contributed by atoms with Crippen LogP contribution < -0.4 is 10.6 Å². The fraction of sp³-hybridized carbons (Fsp3) is 0.500. The highest BCUT2D eigenvalue weighted by Crippen LogP contribution is 2.05. The Balaban J connectivity index is 2.28. The Bertz CT molecular complexity index is 399. The number of halogens is 1. The van der Waals surface area contributed by atoms with Crippen molar-refractivity contribution in [3.05, 3.63) is 35.6 Å². The first-order valence-electron chi connectivity index (χ1n) is 6.38. The Hall–Kier alpha value is -1.46. The van der Waals surface area contributed by atoms with Crippen molar-refractivity contribution in [2.45, 2.75) is 25.9 Å². The van der Waals surface area contributed by atoms with Gasteiger partial charge in [0.05, 0.1) is 6.04 Å². The van der Waals surface area contributed by atoms with Gasteiger partial charge in [0.1, 0.15) is 5.82 Å². The van der Waals surface area contributed by atoms with Gasteiger partial charge >= 0.3 is 0 Å². The first-order valence-corrected chi connectivity index (χ1v) is 6.38. The highest BCUT2D eigenvalue weighted by atomic mass is 19.1. The summed E-state index contributed by atoms with van der Waals surface area (Å²) in [4.78, 5) is 11.7. The molecule has 0 saturated heterocycles. The van der Waals surface area contributed by atoms with Gasteiger partial charge in [0.15, 0.2) is 0 Å². The molecule has 1 aromatic rings. The first kappa shape index (κ1) is 15.6. The fourth-order valence-corrected chi connectivity index (χ4v) is 1.58. The third-order valence-corrected chi connectivity index (χ3v) is 2.77. The van der Waals surface area contributed by atoms with Gasteiger partial charge in [-0.2, -0.15) is 0 Å². The zero-order chi connectivity index (χ0) is 14.1. The second kappa shape index (κ2) is 8.61. The molecule has 0 fully saturated rings. The number of benzene rings is 1. The summed E-state index contributed by atoms with van der Waals surface area (Å²) in [5.41, 5.74) is 0.557. The zero-order valence-corrected chi connectivity index (χ0v) is 11.4. The van der Waals surface area contributed by atoms with Crippen LogP contribution in [0.2, 0.25) is 0 Å². The minimum Gasteiger partial charge on any atom is -0.385 e. The van der Waals surface area contributed by atoms with E-state index in [-0.39, 0.29) is 17.8 Å². The predicted molar refractivity (Wildman–Crippen MR) is 72.2 cm³/mol. The molecule has 2 N–H and O–H groups in total. The predicted octanol–water partition coefficient (Wildman–Crippen LogP) is 1.46. The average molecular weight is 268 g/mol. The van der Waals surface area contributed by atoms with E-state index < -0.39 is 0 Å². The number of carbonyl (C=O) groups is 1. The van der Waals surface area contributed by atoms with Gasteiger partial charge in [0.2, 0.25) is 5.91 Å². The van der Waals surface area contributed by atoms with Gasteiger partial charge < -0.3 is 15.4 Å². The molecule has 5 heteroatoms. The van der Waals surface area contributed by atoms with Gasteiger partial charge in [-0.05, 0) is 19.4 Å². The van der Waals surface area contributed by atoms with E-state index in [1.807, 2.05) is 0 Å². The van der Waals surface area contributed by atoms with Crippen LogP contribution in [0.1, 0.15) is 18.9 Å². The number of rotatable bonds is 8. The molecule has 1 atom stereocenters. The van der Waals surface area contributed by atoms with E-state index in [4.69, 9.17) is 4.74 Å². The third-order valence-electron chi connectivity index (χ3n) is 2.77. The van der Waals surface area contributed by atoms with E-state index in [9.17, 15) is 9.18 Å². The van der Waals surface area contributed by atoms with Gasteiger partial charge in [-0.1, -0.05) is 18.2 Å². The number of carbonyl (C=O) groups excluding carboxylic acids is 1. The minimum absolute atomic E-state index is 0.0903. The van der Waals surface area contributed by atoms with Crippen LogP contribution >= 0.6 is 0 Å². The zero-order valence-electron chi connectivity index (χ0n) is 11.4. The highest BCUT2D eigenvalue weighted by molar-refractivity contribution is 5.81. The lowest BCUT2D eigenvalue weighted by Gasteiger charge is -2.14. The number of hydrogen-bond donors (Lipinski definition) is 2. The van der Waals surface area contributed by atoms with Crippen LogP contribution in [0.3, 0.4) is 0 Å². The molecule has 0 bridgehead atoms. The maximum absolute atomic E-state index is 13.4. The molecule has 1 rings (SSSR count). The van der Waals surface area contributed by atoms with Crippen LogP contribution in [0, 0.1) is 5.82 Å². The van der Waals surface area contributed by atoms with Gasteiger partial charge in [0, 0.05) is 32.4 Å². The van der Waals surface area contributed by atoms with Crippen molar-refractivity contribution >= 4 is 5.91 Å². The SMILES string of the molecule is COCCCNC(=O)C(C)NCc1ccccc1F. The number of ether oxygens (including phenoxy) is 1. The van der Waals surface area contributed by atoms with E-state index in [1.54, 1.807) is 32.2 Å². The van der Waals surface area contributed by atoms with Crippen molar-refractivity contribution in [2.75, 3.05) is 20.3 Å². The Morgan fingerprint density at radius 1 is 1.42 bits per heavy atom. The third kappa shape index (κ3) is 5.81. The van der Waals surface area contributed by atoms with E-state index in [2.05, 4.69) is 10.6 Å². The summed E-state index contributed by atoms with van der Waals surface area (Å²) >= 11 is 0. The molecule has 19 heavy (non-hydrogen) atoms. The molecule has 1 amide bonds. The van der Waals surface area contributed by atoms with E-state index >= 15 is 0 Å². The van der Waals surface area contributed by atoms with Crippen molar-refractivity contribution < 1.29 is 13.9 Å². The molecule has 0 heterocycles. The summed E-state index contributed by atoms with van der Waals surface area (Å²) < 4.78 is 18.3. The van der Waals surface area contributed by atoms with Crippen molar-refractivity contribution in [1.82, 2.24) is 10.6 Å². The van der Waals surface area contributed by atoms with Gasteiger partial charge in [-0.25, -0.2) is 4.39 Å². The van der Waals surface area contributed by atoms with Crippen molar-refractivity contribution in [2.24, 2.45) is 0 Å². The summed E-state index contributed by atoms with van der Waals surface area (Å²) in [6.45, 7) is 3.29. The van der Waals surface area contributed by atoms with E-state index in [1.165, 1.54) is 6.07 Å². The normalized spacial score (nSPS) is 12.2.